The van der Waals surface area contributed by atoms with Gasteiger partial charge in [0.2, 0.25) is 5.91 Å². The second kappa shape index (κ2) is 15.4. The number of hydrogen-bond donors (Lipinski definition) is 2. The first-order valence-electron chi connectivity index (χ1n) is 16.3. The molecule has 0 spiro atoms. The van der Waals surface area contributed by atoms with Crippen molar-refractivity contribution in [3.63, 3.8) is 0 Å². The van der Waals surface area contributed by atoms with Crippen molar-refractivity contribution in [2.45, 2.75) is 91.7 Å². The van der Waals surface area contributed by atoms with Crippen LogP contribution in [0.3, 0.4) is 0 Å². The Bertz CT molecular complexity index is 1700. The molecule has 4 rings (SSSR count). The van der Waals surface area contributed by atoms with Crippen LogP contribution in [-0.4, -0.2) is 57.2 Å². The van der Waals surface area contributed by atoms with Gasteiger partial charge in [-0.2, -0.15) is 5.10 Å². The van der Waals surface area contributed by atoms with Crippen LogP contribution in [0.2, 0.25) is 0 Å². The zero-order valence-electron chi connectivity index (χ0n) is 28.1. The van der Waals surface area contributed by atoms with Gasteiger partial charge in [0.1, 0.15) is 11.6 Å². The van der Waals surface area contributed by atoms with Crippen LogP contribution in [-0.2, 0) is 22.6 Å². The number of carbonyl (C=O) groups is 2. The van der Waals surface area contributed by atoms with E-state index in [1.807, 2.05) is 6.92 Å². The number of carboxylic acid groups (broad SMARTS) is 1. The first-order valence-corrected chi connectivity index (χ1v) is 16.3. The van der Waals surface area contributed by atoms with Crippen LogP contribution < -0.4 is 10.9 Å². The first kappa shape index (κ1) is 36.8. The van der Waals surface area contributed by atoms with Crippen LogP contribution in [0.25, 0.3) is 11.1 Å². The number of nitrogens with one attached hydrogen (secondary N) is 1. The van der Waals surface area contributed by atoms with E-state index in [0.29, 0.717) is 72.4 Å². The summed E-state index contributed by atoms with van der Waals surface area (Å²) in [5, 5.41) is 16.8. The molecule has 0 radical (unpaired) electrons. The second-order valence-electron chi connectivity index (χ2n) is 13.2. The molecule has 1 saturated heterocycles. The molecule has 0 bridgehead atoms. The van der Waals surface area contributed by atoms with Gasteiger partial charge in [-0.05, 0) is 105 Å². The highest BCUT2D eigenvalue weighted by Gasteiger charge is 2.37. The van der Waals surface area contributed by atoms with Crippen molar-refractivity contribution < 1.29 is 32.3 Å². The van der Waals surface area contributed by atoms with Gasteiger partial charge in [-0.3, -0.25) is 19.3 Å². The van der Waals surface area contributed by atoms with Crippen LogP contribution in [0.15, 0.2) is 35.1 Å². The summed E-state index contributed by atoms with van der Waals surface area (Å²) in [6.07, 6.45) is 0.763. The standard InChI is InChI=1S/C36H44F4N4O4/c1-21(8-12-44-35(48)25(5)17-28(42-44)9-11-43-13-10-36(39,40)20-43)6-7-31(45)41-30(19-32(46)47)29-18-26(14-24(4)34(29)38)33-22(2)15-27(37)16-23(33)3/h14-18,21,30H,6-13,19-20H2,1-5H3,(H,41,45)(H,46,47). The number of aryl methyl sites for hydroxylation is 5. The Morgan fingerprint density at radius 3 is 2.29 bits per heavy atom. The van der Waals surface area contributed by atoms with E-state index in [2.05, 4.69) is 10.4 Å². The summed E-state index contributed by atoms with van der Waals surface area (Å²) in [4.78, 5) is 39.3. The summed E-state index contributed by atoms with van der Waals surface area (Å²) in [5.74, 6) is -5.34. The maximum atomic E-state index is 15.5. The smallest absolute Gasteiger partial charge is 0.305 e. The normalized spacial score (nSPS) is 15.8. The fourth-order valence-corrected chi connectivity index (χ4v) is 6.39. The largest absolute Gasteiger partial charge is 0.481 e. The van der Waals surface area contributed by atoms with Crippen molar-refractivity contribution in [3.05, 3.63) is 85.8 Å². The molecule has 0 saturated carbocycles. The molecule has 0 aliphatic carbocycles. The number of benzene rings is 2. The Hall–Kier alpha value is -4.06. The average molecular weight is 673 g/mol. The summed E-state index contributed by atoms with van der Waals surface area (Å²) >= 11 is 0. The molecular weight excluding hydrogens is 628 g/mol. The van der Waals surface area contributed by atoms with Crippen molar-refractivity contribution >= 4 is 11.9 Å². The van der Waals surface area contributed by atoms with Crippen molar-refractivity contribution in [2.75, 3.05) is 19.6 Å². The number of amides is 1. The Morgan fingerprint density at radius 1 is 0.979 bits per heavy atom. The number of aliphatic carboxylic acids is 1. The van der Waals surface area contributed by atoms with Crippen molar-refractivity contribution in [1.82, 2.24) is 20.0 Å². The van der Waals surface area contributed by atoms with E-state index >= 15 is 4.39 Å². The Morgan fingerprint density at radius 2 is 1.67 bits per heavy atom. The highest BCUT2D eigenvalue weighted by atomic mass is 19.3. The van der Waals surface area contributed by atoms with Gasteiger partial charge >= 0.3 is 5.97 Å². The molecule has 1 aliphatic rings. The summed E-state index contributed by atoms with van der Waals surface area (Å²) < 4.78 is 57.9. The third kappa shape index (κ3) is 9.52. The Balaban J connectivity index is 1.39. The summed E-state index contributed by atoms with van der Waals surface area (Å²) in [6, 6.07) is 6.46. The number of carboxylic acids is 1. The van der Waals surface area contributed by atoms with Gasteiger partial charge in [0, 0.05) is 50.0 Å². The molecule has 3 aromatic rings. The number of hydrogen-bond acceptors (Lipinski definition) is 5. The maximum Gasteiger partial charge on any atom is 0.305 e. The van der Waals surface area contributed by atoms with Gasteiger partial charge in [0.05, 0.1) is 24.7 Å². The molecule has 1 fully saturated rings. The van der Waals surface area contributed by atoms with E-state index in [9.17, 15) is 32.7 Å². The summed E-state index contributed by atoms with van der Waals surface area (Å²) in [7, 11) is 0. The Kier molecular flexibility index (Phi) is 11.8. The number of aromatic nitrogens is 2. The molecule has 12 heteroatoms. The average Bonchev–Trinajstić information content (AvgIpc) is 3.34. The van der Waals surface area contributed by atoms with Crippen LogP contribution in [0.1, 0.15) is 78.6 Å². The number of nitrogens with zero attached hydrogens (tertiary/aromatic N) is 3. The highest BCUT2D eigenvalue weighted by molar-refractivity contribution is 5.78. The van der Waals surface area contributed by atoms with Crippen LogP contribution >= 0.6 is 0 Å². The highest BCUT2D eigenvalue weighted by Crippen LogP contribution is 2.34. The Labute approximate surface area is 278 Å². The minimum atomic E-state index is -2.67. The van der Waals surface area contributed by atoms with Gasteiger partial charge < -0.3 is 10.4 Å². The van der Waals surface area contributed by atoms with E-state index in [1.54, 1.807) is 44.7 Å². The van der Waals surface area contributed by atoms with E-state index < -0.39 is 41.9 Å². The molecule has 2 N–H and O–H groups in total. The molecular formula is C36H44F4N4O4. The molecule has 1 aromatic heterocycles. The lowest BCUT2D eigenvalue weighted by Crippen LogP contribution is -2.31. The molecule has 1 aliphatic heterocycles. The van der Waals surface area contributed by atoms with E-state index in [1.165, 1.54) is 22.9 Å². The van der Waals surface area contributed by atoms with Gasteiger partial charge in [-0.1, -0.05) is 6.92 Å². The van der Waals surface area contributed by atoms with E-state index in [0.717, 1.165) is 0 Å². The third-order valence-electron chi connectivity index (χ3n) is 8.99. The molecule has 2 unspecified atom stereocenters. The van der Waals surface area contributed by atoms with Crippen molar-refractivity contribution in [1.29, 1.82) is 0 Å². The molecule has 48 heavy (non-hydrogen) atoms. The van der Waals surface area contributed by atoms with Gasteiger partial charge in [0.25, 0.3) is 11.5 Å². The van der Waals surface area contributed by atoms with Crippen LogP contribution in [0, 0.1) is 45.2 Å². The third-order valence-corrected chi connectivity index (χ3v) is 8.99. The topological polar surface area (TPSA) is 105 Å². The number of halogens is 4. The molecule has 1 amide bonds. The van der Waals surface area contributed by atoms with E-state index in [4.69, 9.17) is 0 Å². The fourth-order valence-electron chi connectivity index (χ4n) is 6.39. The SMILES string of the molecule is Cc1cc(-c2c(C)cc(F)cc2C)cc(C(CC(=O)O)NC(=O)CCC(C)CCn2nc(CCN3CCC(F)(F)C3)cc(C)c2=O)c1F. The van der Waals surface area contributed by atoms with Gasteiger partial charge in [-0.25, -0.2) is 22.2 Å². The lowest BCUT2D eigenvalue weighted by Gasteiger charge is -2.22. The predicted octanol–water partition coefficient (Wildman–Crippen LogP) is 6.44. The summed E-state index contributed by atoms with van der Waals surface area (Å²) in [6.45, 7) is 9.44. The monoisotopic (exact) mass is 672 g/mol. The second-order valence-corrected chi connectivity index (χ2v) is 13.2. The fraction of sp³-hybridized carbons (Fsp3) is 0.500. The summed E-state index contributed by atoms with van der Waals surface area (Å²) in [5.41, 5.74) is 3.82. The molecule has 2 heterocycles. The van der Waals surface area contributed by atoms with Crippen molar-refractivity contribution in [2.24, 2.45) is 5.92 Å². The lowest BCUT2D eigenvalue weighted by atomic mass is 9.90. The van der Waals surface area contributed by atoms with Crippen LogP contribution in [0.5, 0.6) is 0 Å². The van der Waals surface area contributed by atoms with Crippen LogP contribution in [0.4, 0.5) is 17.6 Å². The molecule has 2 atom stereocenters. The molecule has 8 nitrogen and oxygen atoms in total. The number of carbonyl (C=O) groups excluding carboxylic acids is 1. The predicted molar refractivity (Wildman–Crippen MR) is 175 cm³/mol. The van der Waals surface area contributed by atoms with Gasteiger partial charge in [-0.15, -0.1) is 0 Å². The molecule has 260 valence electrons. The minimum Gasteiger partial charge on any atom is -0.481 e. The van der Waals surface area contributed by atoms with E-state index in [-0.39, 0.29) is 42.0 Å². The minimum absolute atomic E-state index is 0.00935. The quantitative estimate of drug-likeness (QED) is 0.191. The first-order chi connectivity index (χ1) is 22.5. The molecule has 2 aromatic carbocycles. The number of rotatable bonds is 14. The zero-order valence-corrected chi connectivity index (χ0v) is 28.1. The van der Waals surface area contributed by atoms with Crippen molar-refractivity contribution in [3.8, 4) is 11.1 Å². The lowest BCUT2D eigenvalue weighted by molar-refractivity contribution is -0.137. The van der Waals surface area contributed by atoms with Gasteiger partial charge in [0.15, 0.2) is 0 Å². The maximum absolute atomic E-state index is 15.5. The zero-order chi connectivity index (χ0) is 35.3. The number of likely N-dealkylation sites (tertiary alicyclic amines) is 1. The number of alkyl halides is 2.